The SMILES string of the molecule is O=C(CN1CCCCC1)N(Cc1ccc(OC2CCOC2)cc1)Cc1ccccn1. The Kier molecular flexibility index (Phi) is 7.32. The lowest BCUT2D eigenvalue weighted by Gasteiger charge is -2.29. The predicted molar refractivity (Wildman–Crippen MR) is 115 cm³/mol. The fraction of sp³-hybridized carbons (Fsp3) is 0.500. The molecule has 1 unspecified atom stereocenters. The van der Waals surface area contributed by atoms with Gasteiger partial charge < -0.3 is 14.4 Å². The molecule has 6 nitrogen and oxygen atoms in total. The molecule has 0 N–H and O–H groups in total. The molecule has 2 aliphatic heterocycles. The van der Waals surface area contributed by atoms with E-state index >= 15 is 0 Å². The quantitative estimate of drug-likeness (QED) is 0.670. The summed E-state index contributed by atoms with van der Waals surface area (Å²) in [6.07, 6.45) is 6.49. The molecule has 0 spiro atoms. The third kappa shape index (κ3) is 6.03. The van der Waals surface area contributed by atoms with Gasteiger partial charge in [0.2, 0.25) is 5.91 Å². The minimum absolute atomic E-state index is 0.141. The molecule has 0 aliphatic carbocycles. The van der Waals surface area contributed by atoms with Crippen LogP contribution in [0.25, 0.3) is 0 Å². The molecule has 1 atom stereocenters. The van der Waals surface area contributed by atoms with E-state index < -0.39 is 0 Å². The molecule has 1 aromatic heterocycles. The summed E-state index contributed by atoms with van der Waals surface area (Å²) in [5.74, 6) is 1.01. The van der Waals surface area contributed by atoms with Crippen LogP contribution in [0.15, 0.2) is 48.7 Å². The Morgan fingerprint density at radius 1 is 1.10 bits per heavy atom. The number of piperidine rings is 1. The van der Waals surface area contributed by atoms with Gasteiger partial charge in [0.15, 0.2) is 0 Å². The van der Waals surface area contributed by atoms with Gasteiger partial charge in [0.05, 0.1) is 32.0 Å². The van der Waals surface area contributed by atoms with E-state index in [1.807, 2.05) is 47.4 Å². The molecule has 1 aromatic carbocycles. The normalized spacial score (nSPS) is 19.5. The molecule has 2 fully saturated rings. The number of nitrogens with zero attached hydrogens (tertiary/aromatic N) is 3. The first-order valence-corrected chi connectivity index (χ1v) is 11.0. The van der Waals surface area contributed by atoms with Crippen molar-refractivity contribution < 1.29 is 14.3 Å². The van der Waals surface area contributed by atoms with Crippen molar-refractivity contribution in [1.29, 1.82) is 0 Å². The van der Waals surface area contributed by atoms with E-state index in [0.29, 0.717) is 26.2 Å². The summed E-state index contributed by atoms with van der Waals surface area (Å²) in [6.45, 7) is 5.02. The molecule has 4 rings (SSSR count). The number of benzene rings is 1. The first-order chi connectivity index (χ1) is 14.8. The van der Waals surface area contributed by atoms with Gasteiger partial charge in [0.1, 0.15) is 11.9 Å². The van der Waals surface area contributed by atoms with Crippen molar-refractivity contribution in [3.05, 3.63) is 59.9 Å². The number of ether oxygens (including phenoxy) is 2. The number of likely N-dealkylation sites (tertiary alicyclic amines) is 1. The summed E-state index contributed by atoms with van der Waals surface area (Å²) in [5.41, 5.74) is 2.00. The molecule has 0 radical (unpaired) electrons. The maximum atomic E-state index is 13.1. The molecule has 3 heterocycles. The largest absolute Gasteiger partial charge is 0.488 e. The molecule has 30 heavy (non-hydrogen) atoms. The van der Waals surface area contributed by atoms with Crippen molar-refractivity contribution in [3.63, 3.8) is 0 Å². The average molecular weight is 410 g/mol. The second-order valence-corrected chi connectivity index (χ2v) is 8.16. The Morgan fingerprint density at radius 2 is 1.93 bits per heavy atom. The lowest BCUT2D eigenvalue weighted by Crippen LogP contribution is -2.41. The van der Waals surface area contributed by atoms with E-state index in [2.05, 4.69) is 9.88 Å². The van der Waals surface area contributed by atoms with Crippen LogP contribution < -0.4 is 4.74 Å². The molecule has 2 aromatic rings. The average Bonchev–Trinajstić information content (AvgIpc) is 3.29. The van der Waals surface area contributed by atoms with Crippen molar-refractivity contribution in [2.24, 2.45) is 0 Å². The van der Waals surface area contributed by atoms with Gasteiger partial charge >= 0.3 is 0 Å². The highest BCUT2D eigenvalue weighted by molar-refractivity contribution is 5.78. The van der Waals surface area contributed by atoms with Gasteiger partial charge in [-0.15, -0.1) is 0 Å². The van der Waals surface area contributed by atoms with Gasteiger partial charge in [-0.05, 0) is 55.8 Å². The Labute approximate surface area is 178 Å². The van der Waals surface area contributed by atoms with E-state index in [9.17, 15) is 4.79 Å². The highest BCUT2D eigenvalue weighted by atomic mass is 16.5. The first kappa shape index (κ1) is 20.8. The Bertz CT molecular complexity index is 785. The van der Waals surface area contributed by atoms with Crippen molar-refractivity contribution in [1.82, 2.24) is 14.8 Å². The Balaban J connectivity index is 1.41. The number of aromatic nitrogens is 1. The zero-order valence-corrected chi connectivity index (χ0v) is 17.5. The van der Waals surface area contributed by atoms with Crippen molar-refractivity contribution >= 4 is 5.91 Å². The number of hydrogen-bond acceptors (Lipinski definition) is 5. The summed E-state index contributed by atoms with van der Waals surface area (Å²) >= 11 is 0. The molecule has 2 aliphatic rings. The van der Waals surface area contributed by atoms with E-state index in [1.54, 1.807) is 6.20 Å². The van der Waals surface area contributed by atoms with E-state index in [-0.39, 0.29) is 12.0 Å². The van der Waals surface area contributed by atoms with Crippen LogP contribution >= 0.6 is 0 Å². The Hall–Kier alpha value is -2.44. The van der Waals surface area contributed by atoms with Gasteiger partial charge in [-0.3, -0.25) is 14.7 Å². The highest BCUT2D eigenvalue weighted by Crippen LogP contribution is 2.19. The van der Waals surface area contributed by atoms with Crippen LogP contribution in [0.1, 0.15) is 36.9 Å². The molecule has 1 amide bonds. The lowest BCUT2D eigenvalue weighted by molar-refractivity contribution is -0.134. The summed E-state index contributed by atoms with van der Waals surface area (Å²) in [5, 5.41) is 0. The van der Waals surface area contributed by atoms with Gasteiger partial charge in [-0.2, -0.15) is 0 Å². The number of amides is 1. The van der Waals surface area contributed by atoms with Crippen LogP contribution in [0.4, 0.5) is 0 Å². The van der Waals surface area contributed by atoms with Crippen LogP contribution in [0.5, 0.6) is 5.75 Å². The third-order valence-electron chi connectivity index (χ3n) is 5.73. The first-order valence-electron chi connectivity index (χ1n) is 11.0. The predicted octanol–water partition coefficient (Wildman–Crippen LogP) is 3.26. The minimum Gasteiger partial charge on any atom is -0.488 e. The topological polar surface area (TPSA) is 54.9 Å². The maximum Gasteiger partial charge on any atom is 0.237 e. The zero-order chi connectivity index (χ0) is 20.6. The fourth-order valence-electron chi connectivity index (χ4n) is 4.02. The van der Waals surface area contributed by atoms with E-state index in [0.717, 1.165) is 43.1 Å². The van der Waals surface area contributed by atoms with E-state index in [1.165, 1.54) is 19.3 Å². The number of carbonyl (C=O) groups excluding carboxylic acids is 1. The van der Waals surface area contributed by atoms with Gasteiger partial charge in [-0.25, -0.2) is 0 Å². The molecular weight excluding hydrogens is 378 g/mol. The summed E-state index contributed by atoms with van der Waals surface area (Å²) in [7, 11) is 0. The second-order valence-electron chi connectivity index (χ2n) is 8.16. The highest BCUT2D eigenvalue weighted by Gasteiger charge is 2.21. The lowest BCUT2D eigenvalue weighted by atomic mass is 10.1. The zero-order valence-electron chi connectivity index (χ0n) is 17.5. The molecular formula is C24H31N3O3. The molecule has 160 valence electrons. The number of carbonyl (C=O) groups is 1. The van der Waals surface area contributed by atoms with Crippen molar-refractivity contribution in [3.8, 4) is 5.75 Å². The molecule has 2 saturated heterocycles. The minimum atomic E-state index is 0.141. The smallest absolute Gasteiger partial charge is 0.237 e. The monoisotopic (exact) mass is 409 g/mol. The van der Waals surface area contributed by atoms with E-state index in [4.69, 9.17) is 9.47 Å². The summed E-state index contributed by atoms with van der Waals surface area (Å²) < 4.78 is 11.3. The van der Waals surface area contributed by atoms with Crippen molar-refractivity contribution in [2.45, 2.75) is 44.9 Å². The summed E-state index contributed by atoms with van der Waals surface area (Å²) in [6, 6.07) is 13.9. The molecule has 6 heteroatoms. The standard InChI is InChI=1S/C24H31N3O3/c28-24(18-26-13-4-1-5-14-26)27(17-21-6-2-3-12-25-21)16-20-7-9-22(10-8-20)30-23-11-15-29-19-23/h2-3,6-10,12,23H,1,4-5,11,13-19H2. The Morgan fingerprint density at radius 3 is 2.63 bits per heavy atom. The fourth-order valence-corrected chi connectivity index (χ4v) is 4.02. The third-order valence-corrected chi connectivity index (χ3v) is 5.73. The van der Waals surface area contributed by atoms with Crippen LogP contribution in [0, 0.1) is 0 Å². The second kappa shape index (κ2) is 10.5. The number of hydrogen-bond donors (Lipinski definition) is 0. The van der Waals surface area contributed by atoms with Gasteiger partial charge in [0, 0.05) is 19.2 Å². The molecule has 0 saturated carbocycles. The van der Waals surface area contributed by atoms with Gasteiger partial charge in [0.25, 0.3) is 0 Å². The summed E-state index contributed by atoms with van der Waals surface area (Å²) in [4.78, 5) is 21.7. The van der Waals surface area contributed by atoms with Crippen LogP contribution in [-0.2, 0) is 22.6 Å². The van der Waals surface area contributed by atoms with Gasteiger partial charge in [-0.1, -0.05) is 24.6 Å². The van der Waals surface area contributed by atoms with Crippen molar-refractivity contribution in [2.75, 3.05) is 32.8 Å². The maximum absolute atomic E-state index is 13.1. The molecule has 0 bridgehead atoms. The van der Waals surface area contributed by atoms with Crippen LogP contribution in [0.2, 0.25) is 0 Å². The van der Waals surface area contributed by atoms with Crippen LogP contribution in [0.3, 0.4) is 0 Å². The number of pyridine rings is 1. The number of rotatable bonds is 8. The van der Waals surface area contributed by atoms with Crippen LogP contribution in [-0.4, -0.2) is 59.6 Å².